The summed E-state index contributed by atoms with van der Waals surface area (Å²) < 4.78 is 15.9. The summed E-state index contributed by atoms with van der Waals surface area (Å²) in [6.45, 7) is 1.69. The van der Waals surface area contributed by atoms with E-state index in [0.29, 0.717) is 33.6 Å². The van der Waals surface area contributed by atoms with Gasteiger partial charge in [-0.2, -0.15) is 0 Å². The predicted octanol–water partition coefficient (Wildman–Crippen LogP) is 3.74. The SMILES string of the molecule is COc1ccc(NC(=O)COc2ccc(C(=O)Nc3ncc(C)s3)cc2OC)cc1. The molecule has 2 amide bonds. The third-order valence-electron chi connectivity index (χ3n) is 4.00. The van der Waals surface area contributed by atoms with Crippen LogP contribution in [0.25, 0.3) is 0 Å². The second kappa shape index (κ2) is 9.75. The van der Waals surface area contributed by atoms with E-state index in [1.165, 1.54) is 18.4 Å². The first-order valence-electron chi connectivity index (χ1n) is 8.97. The first-order valence-corrected chi connectivity index (χ1v) is 9.78. The number of aromatic nitrogens is 1. The van der Waals surface area contributed by atoms with E-state index in [1.807, 2.05) is 6.92 Å². The summed E-state index contributed by atoms with van der Waals surface area (Å²) in [7, 11) is 3.04. The highest BCUT2D eigenvalue weighted by Crippen LogP contribution is 2.29. The molecule has 0 aliphatic rings. The van der Waals surface area contributed by atoms with E-state index in [9.17, 15) is 9.59 Å². The quantitative estimate of drug-likeness (QED) is 0.568. The van der Waals surface area contributed by atoms with Crippen LogP contribution in [0.2, 0.25) is 0 Å². The largest absolute Gasteiger partial charge is 0.497 e. The number of hydrogen-bond donors (Lipinski definition) is 2. The van der Waals surface area contributed by atoms with Crippen molar-refractivity contribution in [1.82, 2.24) is 4.98 Å². The molecular formula is C21H21N3O5S. The highest BCUT2D eigenvalue weighted by molar-refractivity contribution is 7.15. The lowest BCUT2D eigenvalue weighted by atomic mass is 10.2. The first-order chi connectivity index (χ1) is 14.5. The van der Waals surface area contributed by atoms with Crippen molar-refractivity contribution in [1.29, 1.82) is 0 Å². The van der Waals surface area contributed by atoms with Crippen LogP contribution in [-0.2, 0) is 4.79 Å². The minimum Gasteiger partial charge on any atom is -0.497 e. The van der Waals surface area contributed by atoms with Crippen LogP contribution in [-0.4, -0.2) is 37.6 Å². The summed E-state index contributed by atoms with van der Waals surface area (Å²) in [6, 6.07) is 11.7. The smallest absolute Gasteiger partial charge is 0.262 e. The second-order valence-corrected chi connectivity index (χ2v) is 7.40. The number of aryl methyl sites for hydroxylation is 1. The Balaban J connectivity index is 1.60. The molecule has 2 aromatic carbocycles. The lowest BCUT2D eigenvalue weighted by molar-refractivity contribution is -0.118. The number of amides is 2. The molecule has 9 heteroatoms. The molecule has 156 valence electrons. The van der Waals surface area contributed by atoms with Gasteiger partial charge in [-0.15, -0.1) is 11.3 Å². The molecule has 0 fully saturated rings. The number of ether oxygens (including phenoxy) is 3. The maximum Gasteiger partial charge on any atom is 0.262 e. The van der Waals surface area contributed by atoms with Crippen LogP contribution in [0, 0.1) is 6.92 Å². The van der Waals surface area contributed by atoms with Gasteiger partial charge in [0.15, 0.2) is 23.2 Å². The first kappa shape index (κ1) is 21.1. The Morgan fingerprint density at radius 2 is 1.77 bits per heavy atom. The number of nitrogens with one attached hydrogen (secondary N) is 2. The van der Waals surface area contributed by atoms with Gasteiger partial charge < -0.3 is 19.5 Å². The Kier molecular flexibility index (Phi) is 6.87. The second-order valence-electron chi connectivity index (χ2n) is 6.16. The Labute approximate surface area is 177 Å². The average Bonchev–Trinajstić information content (AvgIpc) is 3.17. The molecule has 0 unspecified atom stereocenters. The van der Waals surface area contributed by atoms with E-state index >= 15 is 0 Å². The summed E-state index contributed by atoms with van der Waals surface area (Å²) in [6.07, 6.45) is 1.69. The third-order valence-corrected chi connectivity index (χ3v) is 4.83. The molecule has 0 aliphatic carbocycles. The molecular weight excluding hydrogens is 406 g/mol. The van der Waals surface area contributed by atoms with Gasteiger partial charge in [0.05, 0.1) is 14.2 Å². The van der Waals surface area contributed by atoms with E-state index in [4.69, 9.17) is 14.2 Å². The molecule has 0 saturated heterocycles. The highest BCUT2D eigenvalue weighted by atomic mass is 32.1. The molecule has 2 N–H and O–H groups in total. The maximum absolute atomic E-state index is 12.4. The van der Waals surface area contributed by atoms with Gasteiger partial charge >= 0.3 is 0 Å². The van der Waals surface area contributed by atoms with Crippen molar-refractivity contribution in [3.8, 4) is 17.2 Å². The Morgan fingerprint density at radius 1 is 1.00 bits per heavy atom. The lowest BCUT2D eigenvalue weighted by Crippen LogP contribution is -2.20. The molecule has 1 heterocycles. The molecule has 0 spiro atoms. The van der Waals surface area contributed by atoms with Crippen LogP contribution in [0.3, 0.4) is 0 Å². The number of thiazole rings is 1. The molecule has 0 aliphatic heterocycles. The average molecular weight is 427 g/mol. The van der Waals surface area contributed by atoms with Gasteiger partial charge in [0.1, 0.15) is 5.75 Å². The molecule has 0 atom stereocenters. The van der Waals surface area contributed by atoms with Crippen molar-refractivity contribution >= 4 is 34.0 Å². The fraction of sp³-hybridized carbons (Fsp3) is 0.190. The van der Waals surface area contributed by atoms with Crippen molar-refractivity contribution in [3.63, 3.8) is 0 Å². The van der Waals surface area contributed by atoms with Gasteiger partial charge in [0, 0.05) is 22.3 Å². The van der Waals surface area contributed by atoms with Crippen LogP contribution in [0.15, 0.2) is 48.7 Å². The third kappa shape index (κ3) is 5.48. The number of carbonyl (C=O) groups is 2. The van der Waals surface area contributed by atoms with Crippen LogP contribution >= 0.6 is 11.3 Å². The van der Waals surface area contributed by atoms with E-state index < -0.39 is 0 Å². The van der Waals surface area contributed by atoms with Gasteiger partial charge in [-0.1, -0.05) is 0 Å². The summed E-state index contributed by atoms with van der Waals surface area (Å²) in [4.78, 5) is 29.7. The highest BCUT2D eigenvalue weighted by Gasteiger charge is 2.14. The zero-order valence-corrected chi connectivity index (χ0v) is 17.5. The zero-order chi connectivity index (χ0) is 21.5. The molecule has 0 bridgehead atoms. The van der Waals surface area contributed by atoms with Crippen molar-refractivity contribution in [3.05, 3.63) is 59.1 Å². The van der Waals surface area contributed by atoms with E-state index in [0.717, 1.165) is 4.88 Å². The normalized spacial score (nSPS) is 10.2. The number of nitrogens with zero attached hydrogens (tertiary/aromatic N) is 1. The number of benzene rings is 2. The number of rotatable bonds is 8. The number of anilines is 2. The number of hydrogen-bond acceptors (Lipinski definition) is 7. The minimum absolute atomic E-state index is 0.216. The predicted molar refractivity (Wildman–Crippen MR) is 115 cm³/mol. The van der Waals surface area contributed by atoms with Gasteiger partial charge in [0.2, 0.25) is 0 Å². The fourth-order valence-corrected chi connectivity index (χ4v) is 3.18. The topological polar surface area (TPSA) is 98.8 Å². The summed E-state index contributed by atoms with van der Waals surface area (Å²) in [5, 5.41) is 5.98. The molecule has 8 nitrogen and oxygen atoms in total. The molecule has 0 radical (unpaired) electrons. The van der Waals surface area contributed by atoms with Crippen LogP contribution in [0.1, 0.15) is 15.2 Å². The molecule has 0 saturated carbocycles. The lowest BCUT2D eigenvalue weighted by Gasteiger charge is -2.12. The van der Waals surface area contributed by atoms with E-state index in [2.05, 4.69) is 15.6 Å². The maximum atomic E-state index is 12.4. The van der Waals surface area contributed by atoms with E-state index in [-0.39, 0.29) is 18.4 Å². The standard InChI is InChI=1S/C21H21N3O5S/c1-13-11-22-21(30-13)24-20(26)14-4-9-17(18(10-14)28-3)29-12-19(25)23-15-5-7-16(27-2)8-6-15/h4-11H,12H2,1-3H3,(H,23,25)(H,22,24,26). The number of methoxy groups -OCH3 is 2. The summed E-state index contributed by atoms with van der Waals surface area (Å²) in [5.74, 6) is 0.747. The van der Waals surface area contributed by atoms with Gasteiger partial charge in [-0.05, 0) is 49.4 Å². The van der Waals surface area contributed by atoms with Crippen LogP contribution < -0.4 is 24.8 Å². The summed E-state index contributed by atoms with van der Waals surface area (Å²) >= 11 is 1.39. The molecule has 3 rings (SSSR count). The Morgan fingerprint density at radius 3 is 2.40 bits per heavy atom. The van der Waals surface area contributed by atoms with Gasteiger partial charge in [-0.25, -0.2) is 4.98 Å². The van der Waals surface area contributed by atoms with Crippen molar-refractivity contribution in [2.45, 2.75) is 6.92 Å². The van der Waals surface area contributed by atoms with Gasteiger partial charge in [-0.3, -0.25) is 14.9 Å². The summed E-state index contributed by atoms with van der Waals surface area (Å²) in [5.41, 5.74) is 1.01. The van der Waals surface area contributed by atoms with Gasteiger partial charge in [0.25, 0.3) is 11.8 Å². The van der Waals surface area contributed by atoms with Crippen molar-refractivity contribution in [2.75, 3.05) is 31.5 Å². The fourth-order valence-electron chi connectivity index (χ4n) is 2.52. The van der Waals surface area contributed by atoms with Crippen LogP contribution in [0.4, 0.5) is 10.8 Å². The Bertz CT molecular complexity index is 1030. The van der Waals surface area contributed by atoms with Crippen LogP contribution in [0.5, 0.6) is 17.2 Å². The Hall–Kier alpha value is -3.59. The van der Waals surface area contributed by atoms with Crippen molar-refractivity contribution in [2.24, 2.45) is 0 Å². The van der Waals surface area contributed by atoms with Crippen molar-refractivity contribution < 1.29 is 23.8 Å². The van der Waals surface area contributed by atoms with E-state index in [1.54, 1.807) is 55.8 Å². The molecule has 1 aromatic heterocycles. The monoisotopic (exact) mass is 427 g/mol. The molecule has 30 heavy (non-hydrogen) atoms. The minimum atomic E-state index is -0.330. The zero-order valence-electron chi connectivity index (χ0n) is 16.7. The number of carbonyl (C=O) groups excluding carboxylic acids is 2. The molecule has 3 aromatic rings.